The Morgan fingerprint density at radius 3 is 2.29 bits per heavy atom. The van der Waals surface area contributed by atoms with E-state index in [-0.39, 0.29) is 35.1 Å². The van der Waals surface area contributed by atoms with Gasteiger partial charge in [0, 0.05) is 7.05 Å². The van der Waals surface area contributed by atoms with Crippen LogP contribution in [0.2, 0.25) is 0 Å². The summed E-state index contributed by atoms with van der Waals surface area (Å²) >= 11 is 0. The molecule has 2 unspecified atom stereocenters. The van der Waals surface area contributed by atoms with Crippen LogP contribution in [-0.4, -0.2) is 54.1 Å². The minimum atomic E-state index is -4.00. The van der Waals surface area contributed by atoms with Gasteiger partial charge in [-0.2, -0.15) is 4.31 Å². The number of likely N-dealkylation sites (N-methyl/N-ethyl adjacent to an activating group) is 1. The summed E-state index contributed by atoms with van der Waals surface area (Å²) in [6.07, 6.45) is 3.33. The molecular weight excluding hydrogens is 384 g/mol. The number of nitrogens with zero attached hydrogens (tertiary/aromatic N) is 2. The van der Waals surface area contributed by atoms with Gasteiger partial charge in [-0.1, -0.05) is 25.0 Å². The van der Waals surface area contributed by atoms with E-state index >= 15 is 0 Å². The Morgan fingerprint density at radius 2 is 1.75 bits per heavy atom. The van der Waals surface area contributed by atoms with Gasteiger partial charge < -0.3 is 5.11 Å². The van der Waals surface area contributed by atoms with E-state index in [9.17, 15) is 22.8 Å². The number of carbonyl (C=O) groups is 3. The number of aliphatic carboxylic acids is 1. The van der Waals surface area contributed by atoms with Crippen molar-refractivity contribution in [3.8, 4) is 0 Å². The number of benzene rings is 1. The molecule has 2 atom stereocenters. The molecule has 2 aliphatic rings. The van der Waals surface area contributed by atoms with Crippen LogP contribution in [0.4, 0.5) is 0 Å². The zero-order valence-corrected chi connectivity index (χ0v) is 16.7. The molecule has 28 heavy (non-hydrogen) atoms. The summed E-state index contributed by atoms with van der Waals surface area (Å²) in [7, 11) is -2.80. The number of likely N-dealkylation sites (tertiary alicyclic amines) is 1. The Balaban J connectivity index is 1.87. The molecule has 1 saturated heterocycles. The maximum absolute atomic E-state index is 12.7. The Bertz CT molecular complexity index is 902. The van der Waals surface area contributed by atoms with E-state index in [2.05, 4.69) is 0 Å². The lowest BCUT2D eigenvalue weighted by molar-refractivity contribution is -0.141. The highest BCUT2D eigenvalue weighted by Gasteiger charge is 2.47. The molecule has 0 spiro atoms. The van der Waals surface area contributed by atoms with Crippen LogP contribution in [-0.2, 0) is 31.0 Å². The third-order valence-electron chi connectivity index (χ3n) is 5.57. The Morgan fingerprint density at radius 1 is 1.18 bits per heavy atom. The van der Waals surface area contributed by atoms with Crippen molar-refractivity contribution in [2.45, 2.75) is 44.0 Å². The van der Waals surface area contributed by atoms with Crippen LogP contribution in [0.25, 0.3) is 0 Å². The number of hydrogen-bond acceptors (Lipinski definition) is 5. The molecule has 3 rings (SSSR count). The molecule has 1 aromatic carbocycles. The Hall–Kier alpha value is -2.26. The maximum atomic E-state index is 12.7. The molecule has 8 nitrogen and oxygen atoms in total. The van der Waals surface area contributed by atoms with Gasteiger partial charge in [0.15, 0.2) is 0 Å². The minimum absolute atomic E-state index is 0.0229. The smallest absolute Gasteiger partial charge is 0.318 e. The van der Waals surface area contributed by atoms with Crippen molar-refractivity contribution in [1.29, 1.82) is 0 Å². The molecular formula is C19H24N2O6S. The van der Waals surface area contributed by atoms with Crippen LogP contribution >= 0.6 is 0 Å². The highest BCUT2D eigenvalue weighted by atomic mass is 32.2. The predicted octanol–water partition coefficient (Wildman–Crippen LogP) is 1.38. The van der Waals surface area contributed by atoms with Crippen LogP contribution in [0.1, 0.15) is 36.8 Å². The molecule has 0 bridgehead atoms. The fourth-order valence-electron chi connectivity index (χ4n) is 4.03. The van der Waals surface area contributed by atoms with E-state index in [4.69, 9.17) is 5.11 Å². The fourth-order valence-corrected chi connectivity index (χ4v) is 5.42. The highest BCUT2D eigenvalue weighted by Crippen LogP contribution is 2.38. The monoisotopic (exact) mass is 408 g/mol. The molecule has 1 aliphatic heterocycles. The number of rotatable bonds is 6. The summed E-state index contributed by atoms with van der Waals surface area (Å²) in [6, 6.07) is 4.72. The van der Waals surface area contributed by atoms with E-state index in [0.29, 0.717) is 11.1 Å². The number of carbonyl (C=O) groups excluding carboxylic acids is 2. The molecule has 0 aromatic heterocycles. The van der Waals surface area contributed by atoms with Crippen molar-refractivity contribution in [2.75, 3.05) is 13.6 Å². The molecule has 1 heterocycles. The molecule has 2 fully saturated rings. The van der Waals surface area contributed by atoms with Crippen molar-refractivity contribution < 1.29 is 27.9 Å². The van der Waals surface area contributed by atoms with E-state index in [1.165, 1.54) is 18.0 Å². The second kappa shape index (κ2) is 7.63. The number of amides is 2. The van der Waals surface area contributed by atoms with Gasteiger partial charge in [-0.05, 0) is 37.0 Å². The first-order chi connectivity index (χ1) is 13.1. The second-order valence-electron chi connectivity index (χ2n) is 7.51. The lowest BCUT2D eigenvalue weighted by Gasteiger charge is -2.19. The summed E-state index contributed by atoms with van der Waals surface area (Å²) < 4.78 is 26.2. The molecule has 1 aliphatic carbocycles. The lowest BCUT2D eigenvalue weighted by atomic mass is 9.81. The van der Waals surface area contributed by atoms with Gasteiger partial charge in [-0.3, -0.25) is 19.3 Å². The number of sulfonamides is 1. The van der Waals surface area contributed by atoms with Gasteiger partial charge in [0.2, 0.25) is 21.8 Å². The number of carboxylic acids is 1. The van der Waals surface area contributed by atoms with Crippen molar-refractivity contribution in [3.05, 3.63) is 29.3 Å². The zero-order valence-electron chi connectivity index (χ0n) is 15.9. The van der Waals surface area contributed by atoms with Gasteiger partial charge >= 0.3 is 5.97 Å². The van der Waals surface area contributed by atoms with E-state index in [1.807, 2.05) is 0 Å². The molecule has 9 heteroatoms. The third-order valence-corrected chi connectivity index (χ3v) is 7.52. The summed E-state index contributed by atoms with van der Waals surface area (Å²) in [6.45, 7) is 0.987. The molecule has 1 aromatic rings. The van der Waals surface area contributed by atoms with Crippen LogP contribution in [0.15, 0.2) is 23.1 Å². The number of carboxylic acid groups (broad SMARTS) is 1. The van der Waals surface area contributed by atoms with Crippen LogP contribution in [0, 0.1) is 18.8 Å². The van der Waals surface area contributed by atoms with E-state index < -0.39 is 22.5 Å². The summed E-state index contributed by atoms with van der Waals surface area (Å²) in [5.41, 5.74) is 0.988. The molecule has 1 saturated carbocycles. The standard InChI is InChI=1S/C19H24N2O6S/c1-12-7-8-13(9-16(12)28(26,27)20(2)11-17(22)23)10-21-18(24)14-5-3-4-6-15(14)19(21)25/h7-9,14-15H,3-6,10-11H2,1-2H3,(H,22,23). The number of fused-ring (bicyclic) bond motifs is 1. The van der Waals surface area contributed by atoms with Crippen molar-refractivity contribution in [2.24, 2.45) is 11.8 Å². The van der Waals surface area contributed by atoms with Gasteiger partial charge in [0.25, 0.3) is 0 Å². The zero-order chi connectivity index (χ0) is 20.6. The average Bonchev–Trinajstić information content (AvgIpc) is 2.88. The summed E-state index contributed by atoms with van der Waals surface area (Å²) in [4.78, 5) is 37.4. The van der Waals surface area contributed by atoms with Crippen molar-refractivity contribution >= 4 is 27.8 Å². The Kier molecular flexibility index (Phi) is 5.58. The summed E-state index contributed by atoms with van der Waals surface area (Å²) in [5.74, 6) is -2.12. The molecule has 1 N–H and O–H groups in total. The van der Waals surface area contributed by atoms with Crippen molar-refractivity contribution in [1.82, 2.24) is 9.21 Å². The van der Waals surface area contributed by atoms with Crippen LogP contribution in [0.5, 0.6) is 0 Å². The lowest BCUT2D eigenvalue weighted by Crippen LogP contribution is -2.33. The summed E-state index contributed by atoms with van der Waals surface area (Å²) in [5, 5.41) is 8.88. The number of hydrogen-bond donors (Lipinski definition) is 1. The van der Waals surface area contributed by atoms with Gasteiger partial charge in [0.05, 0.1) is 23.3 Å². The first kappa shape index (κ1) is 20.5. The molecule has 152 valence electrons. The SMILES string of the molecule is Cc1ccc(CN2C(=O)C3CCCCC3C2=O)cc1S(=O)(=O)N(C)CC(=O)O. The van der Waals surface area contributed by atoms with Crippen LogP contribution < -0.4 is 0 Å². The first-order valence-corrected chi connectivity index (χ1v) is 10.7. The largest absolute Gasteiger partial charge is 0.480 e. The minimum Gasteiger partial charge on any atom is -0.480 e. The molecule has 0 radical (unpaired) electrons. The van der Waals surface area contributed by atoms with Crippen LogP contribution in [0.3, 0.4) is 0 Å². The van der Waals surface area contributed by atoms with E-state index in [1.54, 1.807) is 19.1 Å². The van der Waals surface area contributed by atoms with E-state index in [0.717, 1.165) is 30.0 Å². The third kappa shape index (κ3) is 3.68. The van der Waals surface area contributed by atoms with Gasteiger partial charge in [-0.15, -0.1) is 0 Å². The predicted molar refractivity (Wildman–Crippen MR) is 99.6 cm³/mol. The van der Waals surface area contributed by atoms with Gasteiger partial charge in [-0.25, -0.2) is 8.42 Å². The Labute approximate surface area is 164 Å². The first-order valence-electron chi connectivity index (χ1n) is 9.26. The number of aryl methyl sites for hydroxylation is 1. The normalized spacial score (nSPS) is 22.6. The maximum Gasteiger partial charge on any atom is 0.318 e. The quantitative estimate of drug-likeness (QED) is 0.712. The second-order valence-corrected chi connectivity index (χ2v) is 9.53. The fraction of sp³-hybridized carbons (Fsp3) is 0.526. The van der Waals surface area contributed by atoms with Gasteiger partial charge in [0.1, 0.15) is 6.54 Å². The molecule has 2 amide bonds. The average molecular weight is 408 g/mol. The highest BCUT2D eigenvalue weighted by molar-refractivity contribution is 7.89. The number of imide groups is 1. The van der Waals surface area contributed by atoms with Crippen molar-refractivity contribution in [3.63, 3.8) is 0 Å². The topological polar surface area (TPSA) is 112 Å².